The van der Waals surface area contributed by atoms with Crippen LogP contribution in [0.4, 0.5) is 0 Å². The van der Waals surface area contributed by atoms with Crippen LogP contribution in [0.3, 0.4) is 0 Å². The highest BCUT2D eigenvalue weighted by atomic mass is 32.2. The number of hydrogen-bond acceptors (Lipinski definition) is 4. The Morgan fingerprint density at radius 1 is 0.862 bits per heavy atom. The van der Waals surface area contributed by atoms with Crippen molar-refractivity contribution in [3.63, 3.8) is 0 Å². The minimum absolute atomic E-state index is 0.0880. The summed E-state index contributed by atoms with van der Waals surface area (Å²) in [6.45, 7) is 4.82. The highest BCUT2D eigenvalue weighted by Crippen LogP contribution is 2.15. The normalized spacial score (nSPS) is 13.1. The second kappa shape index (κ2) is 19.1. The maximum Gasteiger partial charge on any atom is 0.305 e. The van der Waals surface area contributed by atoms with Gasteiger partial charge in [0.25, 0.3) is 10.1 Å². The minimum atomic E-state index is -4.01. The van der Waals surface area contributed by atoms with Gasteiger partial charge in [-0.3, -0.25) is 9.35 Å². The Morgan fingerprint density at radius 3 is 2.14 bits per heavy atom. The molecule has 0 spiro atoms. The molecule has 29 heavy (non-hydrogen) atoms. The Morgan fingerprint density at radius 2 is 1.45 bits per heavy atom. The van der Waals surface area contributed by atoms with Gasteiger partial charge in [0.05, 0.1) is 6.61 Å². The molecule has 0 radical (unpaired) electrons. The van der Waals surface area contributed by atoms with Crippen LogP contribution in [0.2, 0.25) is 0 Å². The molecule has 0 aliphatic rings. The molecule has 1 atom stereocenters. The lowest BCUT2D eigenvalue weighted by molar-refractivity contribution is -0.143. The Balaban J connectivity index is 3.76. The lowest BCUT2D eigenvalue weighted by Crippen LogP contribution is -2.17. The van der Waals surface area contributed by atoms with Gasteiger partial charge in [0, 0.05) is 6.42 Å². The summed E-state index contributed by atoms with van der Waals surface area (Å²) in [5, 5.41) is -0.771. The van der Waals surface area contributed by atoms with E-state index in [0.29, 0.717) is 19.4 Å². The van der Waals surface area contributed by atoms with E-state index in [4.69, 9.17) is 4.74 Å². The molecule has 0 aromatic carbocycles. The topological polar surface area (TPSA) is 80.7 Å². The quantitative estimate of drug-likeness (QED) is 0.101. The van der Waals surface area contributed by atoms with E-state index in [9.17, 15) is 17.8 Å². The van der Waals surface area contributed by atoms with Gasteiger partial charge >= 0.3 is 5.97 Å². The number of carbonyl (C=O) groups is 1. The van der Waals surface area contributed by atoms with Crippen molar-refractivity contribution < 1.29 is 22.5 Å². The van der Waals surface area contributed by atoms with Crippen LogP contribution in [-0.4, -0.2) is 30.8 Å². The second-order valence-corrected chi connectivity index (χ2v) is 9.55. The first-order chi connectivity index (χ1) is 13.9. The first kappa shape index (κ1) is 28.1. The highest BCUT2D eigenvalue weighted by molar-refractivity contribution is 7.86. The average Bonchev–Trinajstić information content (AvgIpc) is 2.67. The number of allylic oxidation sites excluding steroid dienone is 1. The maximum absolute atomic E-state index is 11.6. The largest absolute Gasteiger partial charge is 0.466 e. The molecular weight excluding hydrogens is 388 g/mol. The van der Waals surface area contributed by atoms with Gasteiger partial charge in [-0.15, -0.1) is 0 Å². The fourth-order valence-electron chi connectivity index (χ4n) is 3.21. The summed E-state index contributed by atoms with van der Waals surface area (Å²) >= 11 is 0. The molecule has 0 fully saturated rings. The summed E-state index contributed by atoms with van der Waals surface area (Å²) in [5.74, 6) is -0.0880. The van der Waals surface area contributed by atoms with Crippen molar-refractivity contribution in [2.45, 2.75) is 122 Å². The van der Waals surface area contributed by atoms with Crippen LogP contribution >= 0.6 is 0 Å². The van der Waals surface area contributed by atoms with Crippen molar-refractivity contribution >= 4 is 16.1 Å². The van der Waals surface area contributed by atoms with Gasteiger partial charge in [-0.2, -0.15) is 8.42 Å². The molecule has 0 aliphatic carbocycles. The van der Waals surface area contributed by atoms with Gasteiger partial charge in [0.15, 0.2) is 0 Å². The fraction of sp³-hybridized carbons (Fsp3) is 0.870. The lowest BCUT2D eigenvalue weighted by Gasteiger charge is -2.09. The predicted octanol–water partition coefficient (Wildman–Crippen LogP) is 6.62. The van der Waals surface area contributed by atoms with E-state index in [-0.39, 0.29) is 5.97 Å². The van der Waals surface area contributed by atoms with Crippen molar-refractivity contribution in [2.24, 2.45) is 0 Å². The summed E-state index contributed by atoms with van der Waals surface area (Å²) in [6.07, 6.45) is 18.8. The van der Waals surface area contributed by atoms with E-state index in [1.54, 1.807) is 6.08 Å². The minimum Gasteiger partial charge on any atom is -0.466 e. The standard InChI is InChI=1S/C23H44O5S/c1-3-5-7-11-14-18-22(29(25,26)27)19-15-12-9-8-10-13-16-20-23(24)28-21-17-6-4-2/h15,19,22H,3-14,16-18,20-21H2,1-2H3,(H,25,26,27)/b19-15-. The molecule has 0 saturated carbocycles. The first-order valence-corrected chi connectivity index (χ1v) is 13.2. The van der Waals surface area contributed by atoms with Crippen LogP contribution in [0.15, 0.2) is 12.2 Å². The predicted molar refractivity (Wildman–Crippen MR) is 121 cm³/mol. The average molecular weight is 433 g/mol. The first-order valence-electron chi connectivity index (χ1n) is 11.7. The van der Waals surface area contributed by atoms with Gasteiger partial charge in [0.2, 0.25) is 0 Å². The molecule has 0 bridgehead atoms. The van der Waals surface area contributed by atoms with Crippen LogP contribution < -0.4 is 0 Å². The molecule has 0 aromatic heterocycles. The van der Waals surface area contributed by atoms with Crippen molar-refractivity contribution in [1.29, 1.82) is 0 Å². The van der Waals surface area contributed by atoms with Crippen molar-refractivity contribution in [3.05, 3.63) is 12.2 Å². The number of esters is 1. The zero-order valence-corrected chi connectivity index (χ0v) is 19.6. The van der Waals surface area contributed by atoms with E-state index >= 15 is 0 Å². The van der Waals surface area contributed by atoms with Crippen LogP contribution in [0.1, 0.15) is 117 Å². The van der Waals surface area contributed by atoms with E-state index in [1.165, 1.54) is 6.42 Å². The van der Waals surface area contributed by atoms with Crippen LogP contribution in [0.25, 0.3) is 0 Å². The summed E-state index contributed by atoms with van der Waals surface area (Å²) in [4.78, 5) is 11.6. The van der Waals surface area contributed by atoms with Crippen LogP contribution in [0, 0.1) is 0 Å². The van der Waals surface area contributed by atoms with E-state index in [0.717, 1.165) is 83.5 Å². The number of carbonyl (C=O) groups excluding carboxylic acids is 1. The molecule has 0 aliphatic heterocycles. The zero-order chi connectivity index (χ0) is 21.8. The molecule has 172 valence electrons. The van der Waals surface area contributed by atoms with Crippen molar-refractivity contribution in [1.82, 2.24) is 0 Å². The monoisotopic (exact) mass is 432 g/mol. The molecule has 1 unspecified atom stereocenters. The molecule has 0 heterocycles. The van der Waals surface area contributed by atoms with Gasteiger partial charge in [-0.25, -0.2) is 0 Å². The molecular formula is C23H44O5S. The zero-order valence-electron chi connectivity index (χ0n) is 18.7. The third kappa shape index (κ3) is 18.9. The number of ether oxygens (including phenoxy) is 1. The molecule has 0 amide bonds. The lowest BCUT2D eigenvalue weighted by atomic mass is 10.1. The second-order valence-electron chi connectivity index (χ2n) is 7.92. The van der Waals surface area contributed by atoms with Crippen LogP contribution in [0.5, 0.6) is 0 Å². The van der Waals surface area contributed by atoms with Gasteiger partial charge in [0.1, 0.15) is 5.25 Å². The van der Waals surface area contributed by atoms with Crippen molar-refractivity contribution in [2.75, 3.05) is 6.61 Å². The summed E-state index contributed by atoms with van der Waals surface area (Å²) < 4.78 is 37.6. The molecule has 5 nitrogen and oxygen atoms in total. The van der Waals surface area contributed by atoms with Gasteiger partial charge in [-0.1, -0.05) is 90.2 Å². The third-order valence-corrected chi connectivity index (χ3v) is 6.25. The Bertz CT molecular complexity index is 513. The van der Waals surface area contributed by atoms with Gasteiger partial charge in [-0.05, 0) is 32.1 Å². The van der Waals surface area contributed by atoms with Crippen LogP contribution in [-0.2, 0) is 19.6 Å². The Hall–Kier alpha value is -0.880. The number of unbranched alkanes of at least 4 members (excludes halogenated alkanes) is 11. The third-order valence-electron chi connectivity index (χ3n) is 5.09. The van der Waals surface area contributed by atoms with E-state index < -0.39 is 15.4 Å². The van der Waals surface area contributed by atoms with E-state index in [2.05, 4.69) is 13.8 Å². The molecule has 0 rings (SSSR count). The van der Waals surface area contributed by atoms with Gasteiger partial charge < -0.3 is 4.74 Å². The molecule has 1 N–H and O–H groups in total. The van der Waals surface area contributed by atoms with Crippen molar-refractivity contribution in [3.8, 4) is 0 Å². The Kier molecular flexibility index (Phi) is 18.5. The van der Waals surface area contributed by atoms with E-state index in [1.807, 2.05) is 6.08 Å². The maximum atomic E-state index is 11.6. The highest BCUT2D eigenvalue weighted by Gasteiger charge is 2.18. The summed E-state index contributed by atoms with van der Waals surface area (Å²) in [7, 11) is -4.01. The SMILES string of the molecule is CCCCCCCC(/C=C\CCCCCCCC(=O)OCCCCC)S(=O)(=O)O. The number of hydrogen-bond donors (Lipinski definition) is 1. The summed E-state index contributed by atoms with van der Waals surface area (Å²) in [5.41, 5.74) is 0. The fourth-order valence-corrected chi connectivity index (χ4v) is 3.99. The number of rotatable bonds is 20. The Labute approximate surface area is 179 Å². The summed E-state index contributed by atoms with van der Waals surface area (Å²) in [6, 6.07) is 0. The smallest absolute Gasteiger partial charge is 0.305 e. The molecule has 0 aromatic rings. The molecule has 0 saturated heterocycles. The molecule has 6 heteroatoms.